The Balaban J connectivity index is 0. The molecule has 46 valence electrons. The van der Waals surface area contributed by atoms with E-state index in [1.165, 1.54) is 0 Å². The van der Waals surface area contributed by atoms with Crippen LogP contribution in [0.25, 0.3) is 0 Å². The van der Waals surface area contributed by atoms with Gasteiger partial charge < -0.3 is 4.55 Å². The minimum atomic E-state index is -1.68. The summed E-state index contributed by atoms with van der Waals surface area (Å²) in [7, 11) is 0. The molecule has 4 heteroatoms. The van der Waals surface area contributed by atoms with E-state index in [4.69, 9.17) is 4.55 Å². The molecule has 0 aliphatic heterocycles. The summed E-state index contributed by atoms with van der Waals surface area (Å²) in [6.45, 7) is 5.13. The molecule has 0 aromatic heterocycles. The summed E-state index contributed by atoms with van der Waals surface area (Å²) < 4.78 is 18.0. The Kier molecular flexibility index (Phi) is 7.06. The molecule has 0 radical (unpaired) electrons. The topological polar surface area (TPSA) is 37.3 Å². The Morgan fingerprint density at radius 3 is 1.50 bits per heavy atom. The molecule has 0 amide bonds. The van der Waals surface area contributed by atoms with E-state index in [-0.39, 0.29) is 51.4 Å². The normalized spacial score (nSPS) is 14.5. The van der Waals surface area contributed by atoms with Gasteiger partial charge in [-0.3, -0.25) is 0 Å². The van der Waals surface area contributed by atoms with E-state index in [2.05, 4.69) is 0 Å². The van der Waals surface area contributed by atoms with Crippen LogP contribution in [0.2, 0.25) is 0 Å². The van der Waals surface area contributed by atoms with Crippen LogP contribution in [0.1, 0.15) is 20.8 Å². The Morgan fingerprint density at radius 1 is 1.38 bits per heavy atom. The molecular formula is C4H11KO2S. The van der Waals surface area contributed by atoms with Crippen molar-refractivity contribution >= 4 is 62.5 Å². The van der Waals surface area contributed by atoms with Crippen LogP contribution in [0.4, 0.5) is 0 Å². The fourth-order valence-corrected chi connectivity index (χ4v) is 0. The maximum atomic E-state index is 10.1. The number of rotatable bonds is 0. The average molecular weight is 162 g/mol. The molecule has 0 bridgehead atoms. The summed E-state index contributed by atoms with van der Waals surface area (Å²) in [4.78, 5) is 0. The van der Waals surface area contributed by atoms with Gasteiger partial charge in [0.05, 0.1) is 4.75 Å². The van der Waals surface area contributed by atoms with Gasteiger partial charge in [-0.05, 0) is 20.8 Å². The predicted molar refractivity (Wildman–Crippen MR) is 37.7 cm³/mol. The molecule has 0 aromatic carbocycles. The van der Waals surface area contributed by atoms with Crippen molar-refractivity contribution in [3.05, 3.63) is 0 Å². The summed E-state index contributed by atoms with van der Waals surface area (Å²) in [6, 6.07) is 0. The third-order valence-electron chi connectivity index (χ3n) is 0.524. The second kappa shape index (κ2) is 4.54. The summed E-state index contributed by atoms with van der Waals surface area (Å²) in [5.41, 5.74) is 0. The predicted octanol–water partition coefficient (Wildman–Crippen LogP) is 0.358. The zero-order valence-corrected chi connectivity index (χ0v) is 5.58. The van der Waals surface area contributed by atoms with Gasteiger partial charge in [-0.25, -0.2) is 4.21 Å². The molecule has 1 atom stereocenters. The monoisotopic (exact) mass is 162 g/mol. The first kappa shape index (κ1) is 12.4. The summed E-state index contributed by atoms with van der Waals surface area (Å²) >= 11 is -1.68. The van der Waals surface area contributed by atoms with Crippen molar-refractivity contribution in [1.82, 2.24) is 0 Å². The van der Waals surface area contributed by atoms with E-state index in [0.717, 1.165) is 0 Å². The SMILES string of the molecule is CC(C)(C)S(=O)O.[KH]. The Labute approximate surface area is 95.1 Å². The van der Waals surface area contributed by atoms with Gasteiger partial charge in [0.25, 0.3) is 0 Å². The van der Waals surface area contributed by atoms with Gasteiger partial charge in [-0.1, -0.05) is 0 Å². The van der Waals surface area contributed by atoms with Crippen LogP contribution < -0.4 is 0 Å². The fourth-order valence-electron chi connectivity index (χ4n) is 0. The zero-order valence-electron chi connectivity index (χ0n) is 4.76. The van der Waals surface area contributed by atoms with Crippen LogP contribution in [-0.4, -0.2) is 64.9 Å². The van der Waals surface area contributed by atoms with Crippen LogP contribution in [0.5, 0.6) is 0 Å². The van der Waals surface area contributed by atoms with Gasteiger partial charge in [0.2, 0.25) is 0 Å². The molecule has 0 fully saturated rings. The van der Waals surface area contributed by atoms with E-state index in [1.807, 2.05) is 0 Å². The van der Waals surface area contributed by atoms with E-state index in [9.17, 15) is 4.21 Å². The maximum absolute atomic E-state index is 10.1. The molecule has 0 rings (SSSR count). The van der Waals surface area contributed by atoms with Gasteiger partial charge in [-0.2, -0.15) is 0 Å². The molecule has 0 spiro atoms. The van der Waals surface area contributed by atoms with Crippen LogP contribution in [0, 0.1) is 0 Å². The van der Waals surface area contributed by atoms with Crippen LogP contribution in [-0.2, 0) is 11.1 Å². The quantitative estimate of drug-likeness (QED) is 0.412. The molecule has 0 aliphatic rings. The van der Waals surface area contributed by atoms with E-state index in [1.54, 1.807) is 20.8 Å². The van der Waals surface area contributed by atoms with Crippen LogP contribution in [0.15, 0.2) is 0 Å². The molecule has 1 N–H and O–H groups in total. The molecular weight excluding hydrogens is 151 g/mol. The molecule has 0 aromatic rings. The van der Waals surface area contributed by atoms with Crippen molar-refractivity contribution < 1.29 is 8.76 Å². The third-order valence-corrected chi connectivity index (χ3v) is 1.57. The van der Waals surface area contributed by atoms with Gasteiger partial charge in [0.1, 0.15) is 0 Å². The summed E-state index contributed by atoms with van der Waals surface area (Å²) in [5.74, 6) is 0. The molecule has 0 aliphatic carbocycles. The average Bonchev–Trinajstić information content (AvgIpc) is 1.31. The zero-order chi connectivity index (χ0) is 6.08. The van der Waals surface area contributed by atoms with Crippen molar-refractivity contribution in [3.63, 3.8) is 0 Å². The first-order valence-electron chi connectivity index (χ1n) is 2.05. The van der Waals surface area contributed by atoms with Gasteiger partial charge >= 0.3 is 51.4 Å². The van der Waals surface area contributed by atoms with Gasteiger partial charge in [-0.15, -0.1) is 0 Å². The third kappa shape index (κ3) is 5.88. The van der Waals surface area contributed by atoms with Crippen molar-refractivity contribution in [1.29, 1.82) is 0 Å². The molecule has 2 nitrogen and oxygen atoms in total. The number of hydrogen-bond acceptors (Lipinski definition) is 1. The Bertz CT molecular complexity index is 86.5. The van der Waals surface area contributed by atoms with E-state index >= 15 is 0 Å². The first-order chi connectivity index (χ1) is 2.94. The molecule has 0 saturated carbocycles. The standard InChI is InChI=1S/C4H10O2S.K.H/c1-4(2,3)7(5)6;;/h1-3H3,(H,5,6);;. The molecule has 0 heterocycles. The van der Waals surface area contributed by atoms with Crippen molar-refractivity contribution in [2.75, 3.05) is 0 Å². The summed E-state index contributed by atoms with van der Waals surface area (Å²) in [6.07, 6.45) is 0. The van der Waals surface area contributed by atoms with Gasteiger partial charge in [0, 0.05) is 0 Å². The van der Waals surface area contributed by atoms with E-state index in [0.29, 0.717) is 0 Å². The van der Waals surface area contributed by atoms with Crippen molar-refractivity contribution in [2.24, 2.45) is 0 Å². The molecule has 8 heavy (non-hydrogen) atoms. The Morgan fingerprint density at radius 2 is 1.50 bits per heavy atom. The van der Waals surface area contributed by atoms with Crippen molar-refractivity contribution in [3.8, 4) is 0 Å². The second-order valence-electron chi connectivity index (χ2n) is 2.36. The molecule has 1 unspecified atom stereocenters. The van der Waals surface area contributed by atoms with Crippen LogP contribution >= 0.6 is 0 Å². The van der Waals surface area contributed by atoms with Crippen LogP contribution in [0.3, 0.4) is 0 Å². The Hall–Kier alpha value is 1.75. The second-order valence-corrected chi connectivity index (χ2v) is 4.08. The first-order valence-corrected chi connectivity index (χ1v) is 3.16. The van der Waals surface area contributed by atoms with Crippen molar-refractivity contribution in [2.45, 2.75) is 25.5 Å². The summed E-state index contributed by atoms with van der Waals surface area (Å²) in [5, 5.41) is 0. The van der Waals surface area contributed by atoms with Gasteiger partial charge in [0.15, 0.2) is 11.1 Å². The minimum absolute atomic E-state index is 0. The van der Waals surface area contributed by atoms with E-state index < -0.39 is 15.8 Å². The number of hydrogen-bond donors (Lipinski definition) is 1. The fraction of sp³-hybridized carbons (Fsp3) is 1.00. The molecule has 0 saturated heterocycles.